The minimum atomic E-state index is -1.46. The van der Waals surface area contributed by atoms with Gasteiger partial charge in [0.05, 0.1) is 37.0 Å². The second-order valence-electron chi connectivity index (χ2n) is 9.41. The molecule has 0 aliphatic rings. The molecule has 0 aromatic heterocycles. The smallest absolute Gasteiger partial charge is 0.549 e. The van der Waals surface area contributed by atoms with E-state index in [1.807, 2.05) is 64.1 Å². The van der Waals surface area contributed by atoms with Crippen LogP contribution in [-0.2, 0) is 48.9 Å². The topological polar surface area (TPSA) is 225 Å². The summed E-state index contributed by atoms with van der Waals surface area (Å²) in [4.78, 5) is 67.8. The largest absolute Gasteiger partial charge is 4.00 e. The average Bonchev–Trinajstić information content (AvgIpc) is 2.82. The summed E-state index contributed by atoms with van der Waals surface area (Å²) in [5.41, 5.74) is 4.68. The van der Waals surface area contributed by atoms with Gasteiger partial charge in [-0.25, -0.2) is 0 Å². The summed E-state index contributed by atoms with van der Waals surface area (Å²) >= 11 is 0. The quantitative estimate of drug-likeness (QED) is 0.195. The molecule has 2 aromatic rings. The first kappa shape index (κ1) is 38.8. The van der Waals surface area contributed by atoms with E-state index in [1.165, 1.54) is 0 Å². The van der Waals surface area contributed by atoms with Gasteiger partial charge in [-0.1, -0.05) is 36.4 Å². The molecule has 0 aliphatic heterocycles. The minimum Gasteiger partial charge on any atom is -0.549 e. The number of carbonyl (C=O) groups is 6. The molecule has 14 nitrogen and oxygen atoms in total. The molecule has 231 valence electrons. The molecule has 0 fully saturated rings. The van der Waals surface area contributed by atoms with Crippen LogP contribution in [0.15, 0.2) is 36.4 Å². The molecule has 2 amide bonds. The zero-order valence-electron chi connectivity index (χ0n) is 24.1. The van der Waals surface area contributed by atoms with Crippen LogP contribution >= 0.6 is 0 Å². The molecule has 0 bridgehead atoms. The second kappa shape index (κ2) is 19.1. The Morgan fingerprint density at radius 1 is 0.512 bits per heavy atom. The van der Waals surface area contributed by atoms with Crippen molar-refractivity contribution in [1.29, 1.82) is 0 Å². The van der Waals surface area contributed by atoms with Gasteiger partial charge in [0.15, 0.2) is 0 Å². The van der Waals surface area contributed by atoms with Crippen LogP contribution in [0.5, 0.6) is 0 Å². The van der Waals surface area contributed by atoms with E-state index in [0.717, 1.165) is 32.1 Å². The Kier molecular flexibility index (Phi) is 17.2. The molecular weight excluding hydrogens is 650 g/mol. The van der Waals surface area contributed by atoms with Crippen molar-refractivity contribution in [2.24, 2.45) is 0 Å². The summed E-state index contributed by atoms with van der Waals surface area (Å²) in [6.45, 7) is 3.90. The number of benzene rings is 2. The molecule has 0 heterocycles. The minimum absolute atomic E-state index is 0. The van der Waals surface area contributed by atoms with Crippen molar-refractivity contribution in [2.45, 2.75) is 27.7 Å². The summed E-state index contributed by atoms with van der Waals surface area (Å²) in [6.07, 6.45) is 0. The van der Waals surface area contributed by atoms with E-state index in [9.17, 15) is 49.2 Å². The van der Waals surface area contributed by atoms with Crippen LogP contribution in [0.2, 0.25) is 0 Å². The molecule has 2 aromatic carbocycles. The predicted molar refractivity (Wildman–Crippen MR) is 142 cm³/mol. The molecule has 0 saturated heterocycles. The third-order valence-electron chi connectivity index (χ3n) is 5.64. The molecule has 2 N–H and O–H groups in total. The molecule has 15 heteroatoms. The number of para-hydroxylation sites is 2. The van der Waals surface area contributed by atoms with Crippen LogP contribution in [0, 0.1) is 27.7 Å². The van der Waals surface area contributed by atoms with Crippen molar-refractivity contribution in [2.75, 3.05) is 49.9 Å². The maximum Gasteiger partial charge on any atom is 4.00 e. The molecule has 0 spiro atoms. The third-order valence-corrected chi connectivity index (χ3v) is 5.64. The molecule has 0 atom stereocenters. The van der Waals surface area contributed by atoms with Crippen LogP contribution < -0.4 is 31.1 Å². The predicted octanol–water partition coefficient (Wildman–Crippen LogP) is -3.92. The van der Waals surface area contributed by atoms with E-state index >= 15 is 0 Å². The Labute approximate surface area is 262 Å². The van der Waals surface area contributed by atoms with Crippen molar-refractivity contribution in [1.82, 2.24) is 9.80 Å². The van der Waals surface area contributed by atoms with Crippen molar-refractivity contribution < 1.29 is 69.3 Å². The van der Waals surface area contributed by atoms with Gasteiger partial charge in [0.1, 0.15) is 0 Å². The van der Waals surface area contributed by atoms with Gasteiger partial charge in [-0.2, -0.15) is 0 Å². The SMILES string of the molecule is Cc1cccc(C)c1NC(=O)CN(CC(=O)[O-])CC(=O)[O-].Cc1cccc(C)c1NC(=O)CN(CC(=O)[O-])CC(=O)[O-].[Tc+4]. The van der Waals surface area contributed by atoms with E-state index in [4.69, 9.17) is 0 Å². The van der Waals surface area contributed by atoms with Crippen molar-refractivity contribution in [3.63, 3.8) is 0 Å². The molecule has 0 saturated carbocycles. The molecule has 43 heavy (non-hydrogen) atoms. The fourth-order valence-corrected chi connectivity index (χ4v) is 3.85. The number of hydrogen-bond donors (Lipinski definition) is 2. The van der Waals surface area contributed by atoms with Crippen LogP contribution in [0.1, 0.15) is 22.3 Å². The molecular formula is C28H32N4O10Tc. The van der Waals surface area contributed by atoms with Gasteiger partial charge in [0.2, 0.25) is 11.8 Å². The average molecular weight is 683 g/mol. The first-order valence-electron chi connectivity index (χ1n) is 12.5. The first-order valence-corrected chi connectivity index (χ1v) is 12.5. The fourth-order valence-electron chi connectivity index (χ4n) is 3.85. The van der Waals surface area contributed by atoms with Crippen molar-refractivity contribution >= 4 is 47.1 Å². The Balaban J connectivity index is 0.000000802. The third kappa shape index (κ3) is 15.6. The van der Waals surface area contributed by atoms with E-state index in [0.29, 0.717) is 11.4 Å². The van der Waals surface area contributed by atoms with Gasteiger partial charge in [-0.3, -0.25) is 19.4 Å². The fraction of sp³-hybridized carbons (Fsp3) is 0.357. The maximum atomic E-state index is 11.9. The number of rotatable bonds is 14. The van der Waals surface area contributed by atoms with Crippen molar-refractivity contribution in [3.8, 4) is 0 Å². The Bertz CT molecular complexity index is 1150. The van der Waals surface area contributed by atoms with Gasteiger partial charge in [-0.05, 0) is 49.9 Å². The monoisotopic (exact) mass is 681 g/mol. The number of anilines is 2. The first-order chi connectivity index (χ1) is 19.6. The molecule has 0 unspecified atom stereocenters. The number of aryl methyl sites for hydroxylation is 4. The van der Waals surface area contributed by atoms with E-state index < -0.39 is 61.9 Å². The molecule has 0 aliphatic carbocycles. The van der Waals surface area contributed by atoms with Crippen molar-refractivity contribution in [3.05, 3.63) is 58.7 Å². The Morgan fingerprint density at radius 2 is 0.744 bits per heavy atom. The van der Waals surface area contributed by atoms with Gasteiger partial charge in [-0.15, -0.1) is 0 Å². The van der Waals surface area contributed by atoms with Gasteiger partial charge in [0, 0.05) is 37.6 Å². The molecule has 1 radical (unpaired) electrons. The zero-order valence-corrected chi connectivity index (χ0v) is 25.9. The second-order valence-corrected chi connectivity index (χ2v) is 9.41. The van der Waals surface area contributed by atoms with Crippen LogP contribution in [0.25, 0.3) is 0 Å². The summed E-state index contributed by atoms with van der Waals surface area (Å²) < 4.78 is 0. The van der Waals surface area contributed by atoms with Crippen LogP contribution in [0.4, 0.5) is 11.4 Å². The number of carboxylic acid groups (broad SMARTS) is 4. The zero-order chi connectivity index (χ0) is 32.0. The summed E-state index contributed by atoms with van der Waals surface area (Å²) in [5.74, 6) is -6.86. The Morgan fingerprint density at radius 3 is 0.953 bits per heavy atom. The molecule has 2 rings (SSSR count). The normalized spacial score (nSPS) is 10.2. The van der Waals surface area contributed by atoms with E-state index in [1.54, 1.807) is 0 Å². The van der Waals surface area contributed by atoms with Gasteiger partial charge >= 0.3 is 20.1 Å². The number of carbonyl (C=O) groups excluding carboxylic acids is 6. The van der Waals surface area contributed by atoms with Crippen LogP contribution in [-0.4, -0.2) is 84.8 Å². The van der Waals surface area contributed by atoms with E-state index in [-0.39, 0.29) is 33.2 Å². The summed E-state index contributed by atoms with van der Waals surface area (Å²) in [6, 6.07) is 11.0. The summed E-state index contributed by atoms with van der Waals surface area (Å²) in [5, 5.41) is 47.5. The maximum absolute atomic E-state index is 11.9. The van der Waals surface area contributed by atoms with Gasteiger partial charge in [0.25, 0.3) is 0 Å². The number of aliphatic carboxylic acids is 4. The number of carboxylic acids is 4. The Hall–Kier alpha value is -4.17. The number of nitrogens with zero attached hydrogens (tertiary/aromatic N) is 2. The summed E-state index contributed by atoms with van der Waals surface area (Å²) in [7, 11) is 0. The van der Waals surface area contributed by atoms with Crippen LogP contribution in [0.3, 0.4) is 0 Å². The number of nitrogens with one attached hydrogen (secondary N) is 2. The number of hydrogen-bond acceptors (Lipinski definition) is 12. The number of amides is 2. The van der Waals surface area contributed by atoms with E-state index in [2.05, 4.69) is 10.6 Å². The van der Waals surface area contributed by atoms with Gasteiger partial charge < -0.3 is 50.2 Å². The standard InChI is InChI=1S/2C14H18N2O5.Tc/c2*1-9-4-3-5-10(2)14(9)15-11(17)6-16(7-12(18)19)8-13(20)21;/h2*3-5H,6-8H2,1-2H3,(H,15,17)(H,18,19)(H,20,21);/q;;+4/p-4.